The van der Waals surface area contributed by atoms with Crippen molar-refractivity contribution < 1.29 is 5.11 Å². The molecule has 2 unspecified atom stereocenters. The molecule has 1 fully saturated rings. The maximum atomic E-state index is 9.02. The zero-order valence-corrected chi connectivity index (χ0v) is 8.79. The van der Waals surface area contributed by atoms with E-state index < -0.39 is 0 Å². The molecule has 0 radical (unpaired) electrons. The normalized spacial score (nSPS) is 26.9. The number of hydrogen-bond acceptors (Lipinski definition) is 2. The summed E-state index contributed by atoms with van der Waals surface area (Å²) >= 11 is 3.40. The van der Waals surface area contributed by atoms with Gasteiger partial charge in [0.2, 0.25) is 0 Å². The van der Waals surface area contributed by atoms with Crippen LogP contribution < -0.4 is 5.32 Å². The minimum absolute atomic E-state index is 0.272. The van der Waals surface area contributed by atoms with E-state index in [1.54, 1.807) is 0 Å². The summed E-state index contributed by atoms with van der Waals surface area (Å²) in [6, 6.07) is 8.58. The Labute approximate surface area is 86.1 Å². The smallest absolute Gasteiger partial charge is 0.0489 e. The van der Waals surface area contributed by atoms with Crippen LogP contribution in [0.25, 0.3) is 0 Å². The summed E-state index contributed by atoms with van der Waals surface area (Å²) in [6.07, 6.45) is 0. The molecule has 70 valence electrons. The third-order valence-corrected chi connectivity index (χ3v) is 3.06. The van der Waals surface area contributed by atoms with Crippen LogP contribution in [0.5, 0.6) is 0 Å². The zero-order chi connectivity index (χ0) is 9.26. The largest absolute Gasteiger partial charge is 0.396 e. The molecule has 0 amide bonds. The van der Waals surface area contributed by atoms with Crippen molar-refractivity contribution in [2.24, 2.45) is 5.92 Å². The molecule has 1 saturated heterocycles. The van der Waals surface area contributed by atoms with Crippen LogP contribution in [0.1, 0.15) is 11.6 Å². The highest BCUT2D eigenvalue weighted by atomic mass is 79.9. The van der Waals surface area contributed by atoms with E-state index in [9.17, 15) is 0 Å². The van der Waals surface area contributed by atoms with Gasteiger partial charge in [-0.05, 0) is 17.7 Å². The number of hydrogen-bond donors (Lipinski definition) is 2. The van der Waals surface area contributed by atoms with E-state index in [-0.39, 0.29) is 6.61 Å². The Morgan fingerprint density at radius 2 is 2.08 bits per heavy atom. The zero-order valence-electron chi connectivity index (χ0n) is 7.20. The van der Waals surface area contributed by atoms with Crippen molar-refractivity contribution in [3.63, 3.8) is 0 Å². The molecule has 0 aliphatic carbocycles. The van der Waals surface area contributed by atoms with Crippen LogP contribution in [0.4, 0.5) is 0 Å². The molecule has 2 nitrogen and oxygen atoms in total. The van der Waals surface area contributed by atoms with Gasteiger partial charge < -0.3 is 10.4 Å². The van der Waals surface area contributed by atoms with Gasteiger partial charge in [0.1, 0.15) is 0 Å². The lowest BCUT2D eigenvalue weighted by Gasteiger charge is -2.37. The average molecular weight is 242 g/mol. The molecule has 2 N–H and O–H groups in total. The van der Waals surface area contributed by atoms with Crippen LogP contribution in [0.3, 0.4) is 0 Å². The predicted octanol–water partition coefficient (Wildman–Crippen LogP) is 1.70. The van der Waals surface area contributed by atoms with Crippen molar-refractivity contribution in [1.29, 1.82) is 0 Å². The molecule has 3 heteroatoms. The number of benzene rings is 1. The molecular formula is C10H12BrNO. The third-order valence-electron chi connectivity index (χ3n) is 2.53. The second-order valence-electron chi connectivity index (χ2n) is 3.38. The second kappa shape index (κ2) is 3.78. The molecule has 1 aromatic rings. The van der Waals surface area contributed by atoms with Crippen molar-refractivity contribution in [3.8, 4) is 0 Å². The fourth-order valence-electron chi connectivity index (χ4n) is 1.63. The fourth-order valence-corrected chi connectivity index (χ4v) is 1.90. The van der Waals surface area contributed by atoms with Gasteiger partial charge in [-0.15, -0.1) is 0 Å². The van der Waals surface area contributed by atoms with E-state index in [1.165, 1.54) is 5.56 Å². The van der Waals surface area contributed by atoms with E-state index in [2.05, 4.69) is 33.4 Å². The quantitative estimate of drug-likeness (QED) is 0.827. The van der Waals surface area contributed by atoms with Crippen LogP contribution in [0, 0.1) is 5.92 Å². The molecule has 0 spiro atoms. The second-order valence-corrected chi connectivity index (χ2v) is 4.30. The van der Waals surface area contributed by atoms with Gasteiger partial charge >= 0.3 is 0 Å². The highest BCUT2D eigenvalue weighted by Crippen LogP contribution is 2.29. The first-order valence-electron chi connectivity index (χ1n) is 4.41. The lowest BCUT2D eigenvalue weighted by molar-refractivity contribution is 0.128. The van der Waals surface area contributed by atoms with Crippen LogP contribution in [-0.4, -0.2) is 18.3 Å². The van der Waals surface area contributed by atoms with E-state index in [4.69, 9.17) is 5.11 Å². The Morgan fingerprint density at radius 1 is 1.38 bits per heavy atom. The lowest BCUT2D eigenvalue weighted by Crippen LogP contribution is -2.47. The Bertz CT molecular complexity index is 283. The maximum absolute atomic E-state index is 9.02. The molecule has 1 heterocycles. The van der Waals surface area contributed by atoms with Crippen molar-refractivity contribution in [1.82, 2.24) is 5.32 Å². The van der Waals surface area contributed by atoms with E-state index in [1.807, 2.05) is 12.1 Å². The topological polar surface area (TPSA) is 32.3 Å². The summed E-state index contributed by atoms with van der Waals surface area (Å²) in [6.45, 7) is 1.20. The standard InChI is InChI=1S/C10H12BrNO/c11-9-3-1-7(2-4-9)10-8(6-13)5-12-10/h1-4,8,10,12-13H,5-6H2. The fraction of sp³-hybridized carbons (Fsp3) is 0.400. The van der Waals surface area contributed by atoms with Crippen LogP contribution in [0.2, 0.25) is 0 Å². The Hall–Kier alpha value is -0.380. The van der Waals surface area contributed by atoms with Gasteiger partial charge in [0.15, 0.2) is 0 Å². The number of aliphatic hydroxyl groups is 1. The molecule has 1 aromatic carbocycles. The van der Waals surface area contributed by atoms with E-state index in [0.717, 1.165) is 11.0 Å². The first-order chi connectivity index (χ1) is 6.31. The Balaban J connectivity index is 2.12. The number of rotatable bonds is 2. The maximum Gasteiger partial charge on any atom is 0.0489 e. The first kappa shape index (κ1) is 9.19. The Kier molecular flexibility index (Phi) is 2.67. The van der Waals surface area contributed by atoms with Crippen LogP contribution >= 0.6 is 15.9 Å². The number of aliphatic hydroxyl groups excluding tert-OH is 1. The minimum Gasteiger partial charge on any atom is -0.396 e. The summed E-state index contributed by atoms with van der Waals surface area (Å²) in [7, 11) is 0. The number of halogens is 1. The number of nitrogens with one attached hydrogen (secondary N) is 1. The summed E-state index contributed by atoms with van der Waals surface area (Å²) in [5.74, 6) is 0.390. The summed E-state index contributed by atoms with van der Waals surface area (Å²) in [5, 5.41) is 12.3. The molecule has 2 atom stereocenters. The first-order valence-corrected chi connectivity index (χ1v) is 5.20. The summed E-state index contributed by atoms with van der Waals surface area (Å²) in [5.41, 5.74) is 1.26. The van der Waals surface area contributed by atoms with Gasteiger partial charge in [0.05, 0.1) is 0 Å². The molecule has 1 aliphatic heterocycles. The SMILES string of the molecule is OCC1CNC1c1ccc(Br)cc1. The monoisotopic (exact) mass is 241 g/mol. The molecule has 13 heavy (non-hydrogen) atoms. The molecular weight excluding hydrogens is 230 g/mol. The highest BCUT2D eigenvalue weighted by Gasteiger charge is 2.30. The molecule has 0 aromatic heterocycles. The van der Waals surface area contributed by atoms with Gasteiger partial charge in [-0.3, -0.25) is 0 Å². The van der Waals surface area contributed by atoms with Gasteiger partial charge in [0.25, 0.3) is 0 Å². The molecule has 0 bridgehead atoms. The van der Waals surface area contributed by atoms with Gasteiger partial charge in [0, 0.05) is 29.6 Å². The average Bonchev–Trinajstić information content (AvgIpc) is 2.08. The van der Waals surface area contributed by atoms with E-state index in [0.29, 0.717) is 12.0 Å². The lowest BCUT2D eigenvalue weighted by atomic mass is 9.87. The highest BCUT2D eigenvalue weighted by molar-refractivity contribution is 9.10. The van der Waals surface area contributed by atoms with Gasteiger partial charge in [-0.25, -0.2) is 0 Å². The van der Waals surface area contributed by atoms with Crippen molar-refractivity contribution in [3.05, 3.63) is 34.3 Å². The molecule has 0 saturated carbocycles. The minimum atomic E-state index is 0.272. The molecule has 2 rings (SSSR count). The van der Waals surface area contributed by atoms with Crippen LogP contribution in [-0.2, 0) is 0 Å². The summed E-state index contributed by atoms with van der Waals surface area (Å²) in [4.78, 5) is 0. The van der Waals surface area contributed by atoms with Crippen molar-refractivity contribution in [2.75, 3.05) is 13.2 Å². The van der Waals surface area contributed by atoms with Gasteiger partial charge in [-0.1, -0.05) is 28.1 Å². The Morgan fingerprint density at radius 3 is 2.54 bits per heavy atom. The van der Waals surface area contributed by atoms with Crippen molar-refractivity contribution >= 4 is 15.9 Å². The predicted molar refractivity (Wildman–Crippen MR) is 55.5 cm³/mol. The van der Waals surface area contributed by atoms with E-state index >= 15 is 0 Å². The van der Waals surface area contributed by atoms with Crippen molar-refractivity contribution in [2.45, 2.75) is 6.04 Å². The van der Waals surface area contributed by atoms with Gasteiger partial charge in [-0.2, -0.15) is 0 Å². The molecule has 1 aliphatic rings. The van der Waals surface area contributed by atoms with Crippen LogP contribution in [0.15, 0.2) is 28.7 Å². The summed E-state index contributed by atoms with van der Waals surface area (Å²) < 4.78 is 1.09. The third kappa shape index (κ3) is 1.77.